The third-order valence-electron chi connectivity index (χ3n) is 4.05. The highest BCUT2D eigenvalue weighted by molar-refractivity contribution is 14.0. The van der Waals surface area contributed by atoms with Gasteiger partial charge in [-0.3, -0.25) is 4.99 Å². The summed E-state index contributed by atoms with van der Waals surface area (Å²) in [5, 5.41) is 3.55. The van der Waals surface area contributed by atoms with Gasteiger partial charge in [0.25, 0.3) is 0 Å². The van der Waals surface area contributed by atoms with E-state index in [2.05, 4.69) is 50.3 Å². The van der Waals surface area contributed by atoms with Crippen LogP contribution in [0.3, 0.4) is 0 Å². The maximum absolute atomic E-state index is 4.50. The number of nitrogens with one attached hydrogen (secondary N) is 1. The highest BCUT2D eigenvalue weighted by atomic mass is 127. The molecule has 0 bridgehead atoms. The van der Waals surface area contributed by atoms with Crippen LogP contribution in [0, 0.1) is 0 Å². The second-order valence-corrected chi connectivity index (χ2v) is 7.68. The Bertz CT molecular complexity index is 470. The Morgan fingerprint density at radius 1 is 1.47 bits per heavy atom. The van der Waals surface area contributed by atoms with E-state index in [1.807, 2.05) is 11.3 Å². The van der Waals surface area contributed by atoms with Crippen LogP contribution in [0.25, 0.3) is 0 Å². The minimum absolute atomic E-state index is 0. The summed E-state index contributed by atoms with van der Waals surface area (Å²) in [5.41, 5.74) is 0.350. The first-order valence-electron chi connectivity index (χ1n) is 6.45. The molecule has 1 aromatic heterocycles. The second-order valence-electron chi connectivity index (χ2n) is 5.22. The van der Waals surface area contributed by atoms with Crippen LogP contribution in [0.1, 0.15) is 24.1 Å². The molecule has 3 rings (SSSR count). The largest absolute Gasteiger partial charge is 0.355 e. The highest BCUT2D eigenvalue weighted by Crippen LogP contribution is 2.46. The summed E-state index contributed by atoms with van der Waals surface area (Å²) in [4.78, 5) is 8.22. The number of rotatable bonds is 3. The topological polar surface area (TPSA) is 27.6 Å². The van der Waals surface area contributed by atoms with Crippen molar-refractivity contribution in [1.82, 2.24) is 10.2 Å². The zero-order chi connectivity index (χ0) is 12.6. The van der Waals surface area contributed by atoms with E-state index in [0.29, 0.717) is 5.41 Å². The van der Waals surface area contributed by atoms with E-state index in [9.17, 15) is 0 Å². The molecule has 0 atom stereocenters. The Morgan fingerprint density at radius 3 is 2.74 bits per heavy atom. The summed E-state index contributed by atoms with van der Waals surface area (Å²) in [6.45, 7) is 2.99. The van der Waals surface area contributed by atoms with Crippen molar-refractivity contribution in [2.24, 2.45) is 4.99 Å². The zero-order valence-corrected chi connectivity index (χ0v) is 15.7. The van der Waals surface area contributed by atoms with E-state index < -0.39 is 0 Å². The predicted octanol–water partition coefficient (Wildman–Crippen LogP) is 3.44. The van der Waals surface area contributed by atoms with Crippen LogP contribution in [0.4, 0.5) is 0 Å². The molecule has 19 heavy (non-hydrogen) atoms. The van der Waals surface area contributed by atoms with Crippen molar-refractivity contribution in [2.75, 3.05) is 26.7 Å². The van der Waals surface area contributed by atoms with Crippen LogP contribution >= 0.6 is 51.2 Å². The van der Waals surface area contributed by atoms with Gasteiger partial charge in [-0.15, -0.1) is 35.3 Å². The van der Waals surface area contributed by atoms with Crippen LogP contribution in [-0.4, -0.2) is 37.5 Å². The van der Waals surface area contributed by atoms with Crippen molar-refractivity contribution in [3.8, 4) is 0 Å². The predicted molar refractivity (Wildman–Crippen MR) is 95.9 cm³/mol. The van der Waals surface area contributed by atoms with Gasteiger partial charge < -0.3 is 10.2 Å². The molecule has 2 aliphatic rings. The molecule has 1 aliphatic carbocycles. The van der Waals surface area contributed by atoms with E-state index in [-0.39, 0.29) is 24.0 Å². The lowest BCUT2D eigenvalue weighted by Gasteiger charge is -2.41. The third kappa shape index (κ3) is 3.10. The average Bonchev–Trinajstić information content (AvgIpc) is 2.88. The lowest BCUT2D eigenvalue weighted by molar-refractivity contribution is 0.247. The van der Waals surface area contributed by atoms with Gasteiger partial charge in [-0.05, 0) is 40.9 Å². The van der Waals surface area contributed by atoms with Gasteiger partial charge in [0.1, 0.15) is 0 Å². The van der Waals surface area contributed by atoms with Crippen LogP contribution in [-0.2, 0) is 5.41 Å². The monoisotopic (exact) mass is 455 g/mol. The first kappa shape index (κ1) is 15.6. The fraction of sp³-hybridized carbons (Fsp3) is 0.615. The van der Waals surface area contributed by atoms with Gasteiger partial charge in [-0.2, -0.15) is 0 Å². The molecule has 106 valence electrons. The Kier molecular flexibility index (Phi) is 5.16. The van der Waals surface area contributed by atoms with Gasteiger partial charge in [-0.25, -0.2) is 0 Å². The lowest BCUT2D eigenvalue weighted by atomic mass is 9.68. The third-order valence-corrected chi connectivity index (χ3v) is 5.92. The minimum Gasteiger partial charge on any atom is -0.355 e. The smallest absolute Gasteiger partial charge is 0.193 e. The van der Waals surface area contributed by atoms with Gasteiger partial charge in [0.15, 0.2) is 5.96 Å². The van der Waals surface area contributed by atoms with Gasteiger partial charge >= 0.3 is 0 Å². The normalized spacial score (nSPS) is 20.5. The van der Waals surface area contributed by atoms with Crippen LogP contribution in [0.2, 0.25) is 0 Å². The quantitative estimate of drug-likeness (QED) is 0.707. The Labute approximate surface area is 144 Å². The molecular formula is C13H19BrIN3S. The fourth-order valence-electron chi connectivity index (χ4n) is 2.68. The van der Waals surface area contributed by atoms with Gasteiger partial charge in [0.05, 0.1) is 10.3 Å². The highest BCUT2D eigenvalue weighted by Gasteiger charge is 2.40. The molecule has 1 fully saturated rings. The van der Waals surface area contributed by atoms with Crippen LogP contribution < -0.4 is 5.32 Å². The first-order chi connectivity index (χ1) is 8.70. The van der Waals surface area contributed by atoms with Crippen LogP contribution in [0.15, 0.2) is 20.9 Å². The average molecular weight is 456 g/mol. The molecule has 1 aliphatic heterocycles. The molecule has 2 heterocycles. The number of hydrogen-bond acceptors (Lipinski definition) is 4. The maximum atomic E-state index is 4.50. The van der Waals surface area contributed by atoms with E-state index in [1.54, 1.807) is 0 Å². The number of nitrogens with zero attached hydrogens (tertiary/aromatic N) is 2. The molecule has 0 radical (unpaired) electrons. The van der Waals surface area contributed by atoms with Gasteiger partial charge in [0, 0.05) is 30.4 Å². The SMILES string of the molecule is CN1CCN=C1NCC1(c2ccc(Br)s2)CCC1.I. The summed E-state index contributed by atoms with van der Waals surface area (Å²) in [6, 6.07) is 4.44. The number of halogens is 2. The van der Waals surface area contributed by atoms with Crippen molar-refractivity contribution < 1.29 is 0 Å². The van der Waals surface area contributed by atoms with E-state index in [0.717, 1.165) is 25.6 Å². The molecule has 1 aromatic rings. The first-order valence-corrected chi connectivity index (χ1v) is 8.06. The molecule has 3 nitrogen and oxygen atoms in total. The number of aliphatic imine (C=N–C) groups is 1. The number of hydrogen-bond donors (Lipinski definition) is 1. The molecule has 0 saturated heterocycles. The lowest BCUT2D eigenvalue weighted by Crippen LogP contribution is -2.47. The number of thiophene rings is 1. The minimum atomic E-state index is 0. The Morgan fingerprint density at radius 2 is 2.26 bits per heavy atom. The van der Waals surface area contributed by atoms with Gasteiger partial charge in [-0.1, -0.05) is 6.42 Å². The summed E-state index contributed by atoms with van der Waals surface area (Å²) in [5.74, 6) is 1.07. The summed E-state index contributed by atoms with van der Waals surface area (Å²) in [6.07, 6.45) is 3.94. The zero-order valence-electron chi connectivity index (χ0n) is 11.0. The molecule has 0 spiro atoms. The molecule has 0 aromatic carbocycles. The fourth-order valence-corrected chi connectivity index (χ4v) is 4.32. The van der Waals surface area contributed by atoms with Crippen molar-refractivity contribution in [2.45, 2.75) is 24.7 Å². The van der Waals surface area contributed by atoms with E-state index in [1.165, 1.54) is 27.9 Å². The Hall–Kier alpha value is 0.180. The molecule has 0 unspecified atom stereocenters. The number of guanidine groups is 1. The summed E-state index contributed by atoms with van der Waals surface area (Å²) < 4.78 is 1.24. The van der Waals surface area contributed by atoms with E-state index in [4.69, 9.17) is 0 Å². The molecule has 1 N–H and O–H groups in total. The van der Waals surface area contributed by atoms with E-state index >= 15 is 0 Å². The molecule has 0 amide bonds. The number of likely N-dealkylation sites (N-methyl/N-ethyl adjacent to an activating group) is 1. The van der Waals surface area contributed by atoms with Crippen molar-refractivity contribution in [3.05, 3.63) is 20.8 Å². The van der Waals surface area contributed by atoms with Crippen molar-refractivity contribution in [1.29, 1.82) is 0 Å². The van der Waals surface area contributed by atoms with Crippen molar-refractivity contribution in [3.63, 3.8) is 0 Å². The maximum Gasteiger partial charge on any atom is 0.193 e. The second kappa shape index (κ2) is 6.30. The van der Waals surface area contributed by atoms with Crippen LogP contribution in [0.5, 0.6) is 0 Å². The summed E-state index contributed by atoms with van der Waals surface area (Å²) in [7, 11) is 2.11. The summed E-state index contributed by atoms with van der Waals surface area (Å²) >= 11 is 5.45. The Balaban J connectivity index is 0.00000133. The molecular weight excluding hydrogens is 437 g/mol. The standard InChI is InChI=1S/C13H18BrN3S.HI/c1-17-8-7-15-12(17)16-9-13(5-2-6-13)10-3-4-11(14)18-10;/h3-4H,2,5-9H2,1H3,(H,15,16);1H. The van der Waals surface area contributed by atoms with Gasteiger partial charge in [0.2, 0.25) is 0 Å². The van der Waals surface area contributed by atoms with Crippen molar-refractivity contribution >= 4 is 57.2 Å². The molecule has 6 heteroatoms. The molecule has 1 saturated carbocycles.